The number of halogens is 2. The van der Waals surface area contributed by atoms with Crippen molar-refractivity contribution in [2.24, 2.45) is 0 Å². The topological polar surface area (TPSA) is 0 Å². The molecule has 0 aromatic carbocycles. The predicted octanol–water partition coefficient (Wildman–Crippen LogP) is 3.94. The van der Waals surface area contributed by atoms with E-state index in [9.17, 15) is 0 Å². The first-order valence-electron chi connectivity index (χ1n) is 10.2. The van der Waals surface area contributed by atoms with E-state index >= 15 is 0 Å². The predicted molar refractivity (Wildman–Crippen MR) is 106 cm³/mol. The first-order chi connectivity index (χ1) is 10.7. The van der Waals surface area contributed by atoms with Gasteiger partial charge in [-0.2, -0.15) is 0 Å². The van der Waals surface area contributed by atoms with E-state index in [0.717, 1.165) is 0 Å². The van der Waals surface area contributed by atoms with Crippen LogP contribution in [0.25, 0.3) is 0 Å². The lowest BCUT2D eigenvalue weighted by atomic mass is 10.1. The quantitative estimate of drug-likeness (QED) is 0.176. The van der Waals surface area contributed by atoms with Crippen molar-refractivity contribution in [3.8, 4) is 0 Å². The van der Waals surface area contributed by atoms with Gasteiger partial charge in [-0.15, -0.1) is 0 Å². The molecule has 0 aliphatic carbocycles. The molecule has 0 atom stereocenters. The highest BCUT2D eigenvalue weighted by Crippen LogP contribution is 2.18. The van der Waals surface area contributed by atoms with Crippen LogP contribution in [0.5, 0.6) is 0 Å². The Morgan fingerprint density at radius 1 is 0.522 bits per heavy atom. The standard InChI is InChI=1S/C20H43BrN.BrH/c1-4-7-10-13-18-22(20-15-16-21,17-12-9-6-3)19-14-11-8-5-2;/h4-20H2,1-3H3;1H/q+1;/p-1. The van der Waals surface area contributed by atoms with Crippen LogP contribution in [0, 0.1) is 0 Å². The number of alkyl halides is 1. The Morgan fingerprint density at radius 3 is 1.26 bits per heavy atom. The summed E-state index contributed by atoms with van der Waals surface area (Å²) >= 11 is 3.66. The summed E-state index contributed by atoms with van der Waals surface area (Å²) < 4.78 is 1.42. The molecule has 0 aromatic heterocycles. The van der Waals surface area contributed by atoms with E-state index in [4.69, 9.17) is 0 Å². The molecule has 0 spiro atoms. The van der Waals surface area contributed by atoms with Crippen molar-refractivity contribution in [2.75, 3.05) is 31.5 Å². The fraction of sp³-hybridized carbons (Fsp3) is 1.00. The first-order valence-corrected chi connectivity index (χ1v) is 11.3. The van der Waals surface area contributed by atoms with E-state index < -0.39 is 0 Å². The van der Waals surface area contributed by atoms with Gasteiger partial charge < -0.3 is 21.5 Å². The van der Waals surface area contributed by atoms with E-state index in [1.165, 1.54) is 113 Å². The van der Waals surface area contributed by atoms with Crippen LogP contribution in [0.1, 0.15) is 97.8 Å². The zero-order valence-corrected chi connectivity index (χ0v) is 19.4. The van der Waals surface area contributed by atoms with Crippen molar-refractivity contribution < 1.29 is 21.5 Å². The van der Waals surface area contributed by atoms with Crippen molar-refractivity contribution in [1.82, 2.24) is 0 Å². The van der Waals surface area contributed by atoms with Gasteiger partial charge in [-0.3, -0.25) is 0 Å². The molecule has 0 aromatic rings. The number of unbranched alkanes of at least 4 members (excludes halogenated alkanes) is 8. The molecular formula is C20H43Br2N. The molecule has 142 valence electrons. The Kier molecular flexibility index (Phi) is 21.9. The number of quaternary nitrogens is 1. The van der Waals surface area contributed by atoms with Gasteiger partial charge in [0.2, 0.25) is 0 Å². The molecule has 0 fully saturated rings. The molecule has 0 heterocycles. The second-order valence-corrected chi connectivity index (χ2v) is 7.90. The van der Waals surface area contributed by atoms with Crippen LogP contribution in [0.4, 0.5) is 0 Å². The van der Waals surface area contributed by atoms with Crippen LogP contribution >= 0.6 is 15.9 Å². The van der Waals surface area contributed by atoms with E-state index in [2.05, 4.69) is 36.7 Å². The minimum absolute atomic E-state index is 0. The highest BCUT2D eigenvalue weighted by atomic mass is 79.9. The SMILES string of the molecule is CCCCCC[N+](CCCBr)(CCCCC)CCCCCC.[Br-]. The number of hydrogen-bond donors (Lipinski definition) is 0. The van der Waals surface area contributed by atoms with Crippen molar-refractivity contribution in [3.05, 3.63) is 0 Å². The zero-order chi connectivity index (χ0) is 16.5. The molecule has 0 N–H and O–H groups in total. The van der Waals surface area contributed by atoms with Gasteiger partial charge in [-0.05, 0) is 38.5 Å². The number of rotatable bonds is 17. The molecule has 0 aliphatic heterocycles. The molecule has 0 bridgehead atoms. The highest BCUT2D eigenvalue weighted by Gasteiger charge is 2.25. The summed E-state index contributed by atoms with van der Waals surface area (Å²) in [5.74, 6) is 0. The van der Waals surface area contributed by atoms with Crippen LogP contribution in [0.15, 0.2) is 0 Å². The lowest BCUT2D eigenvalue weighted by molar-refractivity contribution is -0.928. The van der Waals surface area contributed by atoms with Gasteiger partial charge in [0, 0.05) is 11.8 Å². The van der Waals surface area contributed by atoms with E-state index in [1.54, 1.807) is 0 Å². The summed E-state index contributed by atoms with van der Waals surface area (Å²) in [6.45, 7) is 12.7. The zero-order valence-electron chi connectivity index (χ0n) is 16.2. The average molecular weight is 457 g/mol. The maximum Gasteiger partial charge on any atom is 0.0794 e. The van der Waals surface area contributed by atoms with Crippen LogP contribution in [-0.4, -0.2) is 36.0 Å². The molecule has 0 saturated heterocycles. The Balaban J connectivity index is 0. The summed E-state index contributed by atoms with van der Waals surface area (Å²) in [5.41, 5.74) is 0. The molecule has 23 heavy (non-hydrogen) atoms. The van der Waals surface area contributed by atoms with E-state index in [0.29, 0.717) is 0 Å². The maximum atomic E-state index is 3.66. The lowest BCUT2D eigenvalue weighted by Gasteiger charge is -2.39. The van der Waals surface area contributed by atoms with Gasteiger partial charge in [0.1, 0.15) is 0 Å². The first kappa shape index (κ1) is 26.2. The summed E-state index contributed by atoms with van der Waals surface area (Å²) in [6, 6.07) is 0. The third kappa shape index (κ3) is 14.9. The molecule has 0 saturated carbocycles. The molecule has 0 rings (SSSR count). The summed E-state index contributed by atoms with van der Waals surface area (Å²) in [7, 11) is 0. The number of hydrogen-bond acceptors (Lipinski definition) is 0. The van der Waals surface area contributed by atoms with Gasteiger partial charge >= 0.3 is 0 Å². The van der Waals surface area contributed by atoms with Gasteiger partial charge in [0.25, 0.3) is 0 Å². The smallest absolute Gasteiger partial charge is 0.0794 e. The maximum absolute atomic E-state index is 3.66. The number of nitrogens with zero attached hydrogens (tertiary/aromatic N) is 1. The van der Waals surface area contributed by atoms with Crippen LogP contribution in [0.2, 0.25) is 0 Å². The Bertz CT molecular complexity index is 210. The Morgan fingerprint density at radius 2 is 0.870 bits per heavy atom. The second kappa shape index (κ2) is 19.2. The second-order valence-electron chi connectivity index (χ2n) is 7.11. The van der Waals surface area contributed by atoms with Crippen molar-refractivity contribution in [2.45, 2.75) is 97.8 Å². The fourth-order valence-corrected chi connectivity index (χ4v) is 3.76. The largest absolute Gasteiger partial charge is 1.00 e. The van der Waals surface area contributed by atoms with Crippen molar-refractivity contribution in [3.63, 3.8) is 0 Å². The summed E-state index contributed by atoms with van der Waals surface area (Å²) in [4.78, 5) is 0. The molecular weight excluding hydrogens is 414 g/mol. The summed E-state index contributed by atoms with van der Waals surface area (Å²) in [6.07, 6.45) is 16.8. The fourth-order valence-electron chi connectivity index (χ4n) is 3.51. The van der Waals surface area contributed by atoms with Crippen molar-refractivity contribution >= 4 is 15.9 Å². The minimum Gasteiger partial charge on any atom is -1.00 e. The van der Waals surface area contributed by atoms with E-state index in [1.807, 2.05) is 0 Å². The molecule has 1 nitrogen and oxygen atoms in total. The minimum atomic E-state index is 0. The Hall–Kier alpha value is 0.920. The summed E-state index contributed by atoms with van der Waals surface area (Å²) in [5, 5.41) is 1.17. The van der Waals surface area contributed by atoms with Gasteiger partial charge in [0.05, 0.1) is 26.2 Å². The van der Waals surface area contributed by atoms with Crippen LogP contribution in [0.3, 0.4) is 0 Å². The average Bonchev–Trinajstić information content (AvgIpc) is 2.54. The monoisotopic (exact) mass is 455 g/mol. The van der Waals surface area contributed by atoms with Gasteiger partial charge in [-0.1, -0.05) is 68.8 Å². The molecule has 0 aliphatic rings. The lowest BCUT2D eigenvalue weighted by Crippen LogP contribution is -3.00. The molecule has 3 heteroatoms. The van der Waals surface area contributed by atoms with E-state index in [-0.39, 0.29) is 17.0 Å². The normalized spacial score (nSPS) is 11.5. The van der Waals surface area contributed by atoms with Crippen molar-refractivity contribution in [1.29, 1.82) is 0 Å². The van der Waals surface area contributed by atoms with Crippen LogP contribution < -0.4 is 17.0 Å². The van der Waals surface area contributed by atoms with Gasteiger partial charge in [0.15, 0.2) is 0 Å². The molecule has 0 unspecified atom stereocenters. The molecule has 0 radical (unpaired) electrons. The third-order valence-corrected chi connectivity index (χ3v) is 5.53. The molecule has 0 amide bonds. The highest BCUT2D eigenvalue weighted by molar-refractivity contribution is 9.09. The van der Waals surface area contributed by atoms with Crippen LogP contribution in [-0.2, 0) is 0 Å². The Labute approximate surface area is 166 Å². The third-order valence-electron chi connectivity index (χ3n) is 4.97. The van der Waals surface area contributed by atoms with Gasteiger partial charge in [-0.25, -0.2) is 0 Å².